The molecule has 1 unspecified atom stereocenters. The first-order valence-corrected chi connectivity index (χ1v) is 7.75. The zero-order valence-corrected chi connectivity index (χ0v) is 12.8. The van der Waals surface area contributed by atoms with Gasteiger partial charge in [0.15, 0.2) is 0 Å². The summed E-state index contributed by atoms with van der Waals surface area (Å²) in [4.78, 5) is 24.4. The van der Waals surface area contributed by atoms with E-state index in [4.69, 9.17) is 5.73 Å². The Morgan fingerprint density at radius 1 is 1.36 bits per heavy atom. The Morgan fingerprint density at radius 3 is 2.68 bits per heavy atom. The minimum Gasteiger partial charge on any atom is -0.352 e. The number of nitrogens with one attached hydrogen (secondary N) is 1. The van der Waals surface area contributed by atoms with E-state index in [-0.39, 0.29) is 24.1 Å². The Kier molecular flexibility index (Phi) is 4.02. The molecule has 3 N–H and O–H groups in total. The van der Waals surface area contributed by atoms with Gasteiger partial charge in [0.1, 0.15) is 0 Å². The molecule has 0 aliphatic heterocycles. The molecular weight excluding hydrogens is 280 g/mol. The van der Waals surface area contributed by atoms with Crippen molar-refractivity contribution < 1.29 is 4.79 Å². The van der Waals surface area contributed by atoms with Crippen molar-refractivity contribution in [3.05, 3.63) is 34.7 Å². The fourth-order valence-corrected chi connectivity index (χ4v) is 2.94. The van der Waals surface area contributed by atoms with Gasteiger partial charge in [0.2, 0.25) is 5.91 Å². The molecule has 0 bridgehead atoms. The molecule has 1 heterocycles. The van der Waals surface area contributed by atoms with Crippen molar-refractivity contribution in [3.63, 3.8) is 0 Å². The number of benzene rings is 1. The Morgan fingerprint density at radius 2 is 2.05 bits per heavy atom. The van der Waals surface area contributed by atoms with Crippen LogP contribution in [-0.4, -0.2) is 27.6 Å². The maximum atomic E-state index is 12.3. The van der Waals surface area contributed by atoms with E-state index in [1.807, 2.05) is 24.3 Å². The SMILES string of the molecule is Cn1c(=O)n(CCC(=O)NC(CN)C2CC2)c2ccccc21. The summed E-state index contributed by atoms with van der Waals surface area (Å²) >= 11 is 0. The zero-order chi connectivity index (χ0) is 15.7. The summed E-state index contributed by atoms with van der Waals surface area (Å²) in [5.41, 5.74) is 7.35. The third-order valence-electron chi connectivity index (χ3n) is 4.41. The fourth-order valence-electron chi connectivity index (χ4n) is 2.94. The molecule has 1 fully saturated rings. The van der Waals surface area contributed by atoms with Crippen LogP contribution in [0.25, 0.3) is 11.0 Å². The Labute approximate surface area is 128 Å². The molecule has 1 saturated carbocycles. The number of amides is 1. The van der Waals surface area contributed by atoms with Crippen molar-refractivity contribution in [1.29, 1.82) is 0 Å². The highest BCUT2D eigenvalue weighted by Gasteiger charge is 2.31. The molecule has 0 radical (unpaired) electrons. The van der Waals surface area contributed by atoms with Gasteiger partial charge in [-0.15, -0.1) is 0 Å². The second-order valence-electron chi connectivity index (χ2n) is 5.98. The number of carbonyl (C=O) groups is 1. The topological polar surface area (TPSA) is 82.0 Å². The minimum absolute atomic E-state index is 0.0396. The molecule has 3 rings (SSSR count). The first-order chi connectivity index (χ1) is 10.6. The zero-order valence-electron chi connectivity index (χ0n) is 12.8. The van der Waals surface area contributed by atoms with Crippen LogP contribution < -0.4 is 16.7 Å². The van der Waals surface area contributed by atoms with Crippen LogP contribution >= 0.6 is 0 Å². The predicted octanol–water partition coefficient (Wildman–Crippen LogP) is 0.584. The van der Waals surface area contributed by atoms with E-state index in [0.717, 1.165) is 23.9 Å². The number of nitrogens with zero attached hydrogens (tertiary/aromatic N) is 2. The summed E-state index contributed by atoms with van der Waals surface area (Å²) in [6, 6.07) is 7.69. The van der Waals surface area contributed by atoms with Gasteiger partial charge in [-0.3, -0.25) is 13.9 Å². The Hall–Kier alpha value is -2.08. The van der Waals surface area contributed by atoms with Crippen LogP contribution in [0, 0.1) is 5.92 Å². The quantitative estimate of drug-likeness (QED) is 0.819. The largest absolute Gasteiger partial charge is 0.352 e. The average Bonchev–Trinajstić information content (AvgIpc) is 3.33. The molecule has 118 valence electrons. The number of hydrogen-bond donors (Lipinski definition) is 2. The number of nitrogens with two attached hydrogens (primary N) is 1. The number of hydrogen-bond acceptors (Lipinski definition) is 3. The van der Waals surface area contributed by atoms with Crippen molar-refractivity contribution in [2.45, 2.75) is 31.8 Å². The summed E-state index contributed by atoms with van der Waals surface area (Å²) < 4.78 is 3.27. The maximum Gasteiger partial charge on any atom is 0.328 e. The molecular formula is C16H22N4O2. The number of aryl methyl sites for hydroxylation is 2. The van der Waals surface area contributed by atoms with Gasteiger partial charge in [-0.25, -0.2) is 4.79 Å². The lowest BCUT2D eigenvalue weighted by Crippen LogP contribution is -2.42. The monoisotopic (exact) mass is 302 g/mol. The number of para-hydroxylation sites is 2. The normalized spacial score (nSPS) is 15.9. The van der Waals surface area contributed by atoms with Gasteiger partial charge < -0.3 is 11.1 Å². The fraction of sp³-hybridized carbons (Fsp3) is 0.500. The van der Waals surface area contributed by atoms with Crippen molar-refractivity contribution in [3.8, 4) is 0 Å². The maximum absolute atomic E-state index is 12.3. The first kappa shape index (κ1) is 14.8. The van der Waals surface area contributed by atoms with Gasteiger partial charge in [0, 0.05) is 32.6 Å². The van der Waals surface area contributed by atoms with Crippen LogP contribution in [0.3, 0.4) is 0 Å². The molecule has 22 heavy (non-hydrogen) atoms. The second-order valence-corrected chi connectivity index (χ2v) is 5.98. The lowest BCUT2D eigenvalue weighted by Gasteiger charge is -2.16. The number of carbonyl (C=O) groups excluding carboxylic acids is 1. The Balaban J connectivity index is 1.70. The highest BCUT2D eigenvalue weighted by Crippen LogP contribution is 2.32. The van der Waals surface area contributed by atoms with Crippen molar-refractivity contribution >= 4 is 16.9 Å². The minimum atomic E-state index is -0.0911. The molecule has 1 aliphatic rings. The van der Waals surface area contributed by atoms with E-state index in [1.54, 1.807) is 16.2 Å². The van der Waals surface area contributed by atoms with Gasteiger partial charge in [0.25, 0.3) is 0 Å². The van der Waals surface area contributed by atoms with Crippen molar-refractivity contribution in [1.82, 2.24) is 14.5 Å². The van der Waals surface area contributed by atoms with E-state index in [2.05, 4.69) is 5.32 Å². The first-order valence-electron chi connectivity index (χ1n) is 7.75. The third-order valence-corrected chi connectivity index (χ3v) is 4.41. The van der Waals surface area contributed by atoms with E-state index < -0.39 is 0 Å². The predicted molar refractivity (Wildman–Crippen MR) is 85.5 cm³/mol. The molecule has 2 aromatic rings. The third kappa shape index (κ3) is 2.78. The second kappa shape index (κ2) is 5.96. The van der Waals surface area contributed by atoms with Crippen LogP contribution in [0.2, 0.25) is 0 Å². The molecule has 1 aromatic carbocycles. The van der Waals surface area contributed by atoms with Gasteiger partial charge in [-0.2, -0.15) is 0 Å². The Bertz CT molecular complexity index is 742. The average molecular weight is 302 g/mol. The lowest BCUT2D eigenvalue weighted by molar-refractivity contribution is -0.122. The van der Waals surface area contributed by atoms with E-state index >= 15 is 0 Å². The van der Waals surface area contributed by atoms with Crippen molar-refractivity contribution in [2.24, 2.45) is 18.7 Å². The number of imidazole rings is 1. The summed E-state index contributed by atoms with van der Waals surface area (Å²) in [6.07, 6.45) is 2.58. The van der Waals surface area contributed by atoms with Crippen LogP contribution in [0.1, 0.15) is 19.3 Å². The highest BCUT2D eigenvalue weighted by atomic mass is 16.2. The number of aromatic nitrogens is 2. The summed E-state index contributed by atoms with van der Waals surface area (Å²) in [5, 5.41) is 2.99. The molecule has 1 amide bonds. The van der Waals surface area contributed by atoms with Crippen LogP contribution in [0.15, 0.2) is 29.1 Å². The van der Waals surface area contributed by atoms with Gasteiger partial charge in [0.05, 0.1) is 11.0 Å². The van der Waals surface area contributed by atoms with Crippen LogP contribution in [0.5, 0.6) is 0 Å². The number of fused-ring (bicyclic) bond motifs is 1. The summed E-state index contributed by atoms with van der Waals surface area (Å²) in [6.45, 7) is 0.860. The van der Waals surface area contributed by atoms with Crippen LogP contribution in [-0.2, 0) is 18.4 Å². The highest BCUT2D eigenvalue weighted by molar-refractivity contribution is 5.78. The van der Waals surface area contributed by atoms with E-state index in [9.17, 15) is 9.59 Å². The van der Waals surface area contributed by atoms with E-state index in [1.165, 1.54) is 0 Å². The molecule has 0 spiro atoms. The molecule has 6 heteroatoms. The van der Waals surface area contributed by atoms with E-state index in [0.29, 0.717) is 19.0 Å². The van der Waals surface area contributed by atoms with Gasteiger partial charge in [-0.05, 0) is 30.9 Å². The molecule has 6 nitrogen and oxygen atoms in total. The summed E-state index contributed by atoms with van der Waals surface area (Å²) in [5.74, 6) is 0.497. The molecule has 1 atom stereocenters. The lowest BCUT2D eigenvalue weighted by atomic mass is 10.2. The number of rotatable bonds is 6. The van der Waals surface area contributed by atoms with Gasteiger partial charge in [-0.1, -0.05) is 12.1 Å². The molecule has 0 saturated heterocycles. The smallest absolute Gasteiger partial charge is 0.328 e. The van der Waals surface area contributed by atoms with Gasteiger partial charge >= 0.3 is 5.69 Å². The molecule has 1 aliphatic carbocycles. The summed E-state index contributed by atoms with van der Waals surface area (Å²) in [7, 11) is 1.75. The standard InChI is InChI=1S/C16H22N4O2/c1-19-13-4-2-3-5-14(13)20(16(19)22)9-8-15(21)18-12(10-17)11-6-7-11/h2-5,11-12H,6-10,17H2,1H3,(H,18,21). The van der Waals surface area contributed by atoms with Crippen molar-refractivity contribution in [2.75, 3.05) is 6.54 Å². The molecule has 1 aromatic heterocycles. The van der Waals surface area contributed by atoms with Crippen LogP contribution in [0.4, 0.5) is 0 Å².